The van der Waals surface area contributed by atoms with Gasteiger partial charge in [-0.2, -0.15) is 30.4 Å². The second kappa shape index (κ2) is 12.9. The number of carboxylic acid groups (broad SMARTS) is 1. The van der Waals surface area contributed by atoms with E-state index in [9.17, 15) is 47.6 Å². The fraction of sp³-hybridized carbons (Fsp3) is 0.0952. The van der Waals surface area contributed by atoms with Crippen molar-refractivity contribution >= 4 is 80.6 Å². The van der Waals surface area contributed by atoms with Gasteiger partial charge in [0.05, 0.1) is 39.9 Å². The molecule has 0 saturated carbocycles. The Hall–Kier alpha value is -4.43. The molecule has 0 aliphatic carbocycles. The highest BCUT2D eigenvalue weighted by Gasteiger charge is 2.25. The molecule has 0 aliphatic heterocycles. The van der Waals surface area contributed by atoms with E-state index in [0.29, 0.717) is 12.1 Å². The van der Waals surface area contributed by atoms with E-state index in [0.717, 1.165) is 12.1 Å². The van der Waals surface area contributed by atoms with Gasteiger partial charge >= 0.3 is 16.4 Å². The number of carbonyl (C=O) groups is 1. The lowest BCUT2D eigenvalue weighted by Crippen LogP contribution is -2.16. The highest BCUT2D eigenvalue weighted by Crippen LogP contribution is 2.43. The molecule has 8 N–H and O–H groups in total. The van der Waals surface area contributed by atoms with Crippen molar-refractivity contribution < 1.29 is 61.4 Å². The van der Waals surface area contributed by atoms with Crippen LogP contribution in [0.25, 0.3) is 0 Å². The zero-order valence-corrected chi connectivity index (χ0v) is 25.2. The molecule has 242 valence electrons. The van der Waals surface area contributed by atoms with Crippen LogP contribution in [0.2, 0.25) is 0 Å². The normalized spacial score (nSPS) is 13.0. The lowest BCUT2D eigenvalue weighted by Gasteiger charge is -2.11. The summed E-state index contributed by atoms with van der Waals surface area (Å²) in [5, 5.41) is 23.8. The number of nitrogens with zero attached hydrogens (tertiary/aromatic N) is 4. The molecule has 0 aliphatic rings. The molecule has 0 spiro atoms. The minimum Gasteiger partial charge on any atom is -0.478 e. The van der Waals surface area contributed by atoms with Crippen molar-refractivity contribution in [2.75, 3.05) is 23.8 Å². The number of anilines is 2. The Morgan fingerprint density at radius 1 is 0.711 bits per heavy atom. The van der Waals surface area contributed by atoms with E-state index in [1.165, 1.54) is 24.3 Å². The number of nitrogens with two attached hydrogens (primary N) is 2. The first-order valence-electron chi connectivity index (χ1n) is 11.4. The van der Waals surface area contributed by atoms with Crippen molar-refractivity contribution in [3.05, 3.63) is 54.1 Å². The Labute approximate surface area is 254 Å². The molecule has 0 atom stereocenters. The van der Waals surface area contributed by atoms with Gasteiger partial charge < -0.3 is 16.6 Å². The Kier molecular flexibility index (Phi) is 10.0. The summed E-state index contributed by atoms with van der Waals surface area (Å²) in [6.07, 6.45) is 0. The van der Waals surface area contributed by atoms with Crippen LogP contribution in [0.1, 0.15) is 10.4 Å². The van der Waals surface area contributed by atoms with Crippen molar-refractivity contribution in [2.24, 2.45) is 20.5 Å². The van der Waals surface area contributed by atoms with Gasteiger partial charge in [-0.1, -0.05) is 0 Å². The molecule has 3 aromatic rings. The third kappa shape index (κ3) is 9.05. The number of carboxylic acids is 1. The van der Waals surface area contributed by atoms with Crippen molar-refractivity contribution in [2.45, 2.75) is 14.7 Å². The third-order valence-electron chi connectivity index (χ3n) is 5.40. The Morgan fingerprint density at radius 2 is 1.29 bits per heavy atom. The number of nitrogen functional groups attached to an aromatic ring is 2. The SMILES string of the molecule is Nc1c(N=Nc2ccc(S(=O)(=O)CCOS(=O)(=O)O)cc2S(=O)(=O)O)cc(S(=O)(=O)O)c(N)c1N=Nc1ccc(C(=O)O)cc1. The second-order valence-electron chi connectivity index (χ2n) is 8.47. The minimum atomic E-state index is -5.21. The van der Waals surface area contributed by atoms with E-state index >= 15 is 0 Å². The maximum absolute atomic E-state index is 12.5. The molecular weight excluding hydrogens is 689 g/mol. The van der Waals surface area contributed by atoms with Gasteiger partial charge in [-0.25, -0.2) is 17.4 Å². The number of hydrogen-bond donors (Lipinski definition) is 6. The fourth-order valence-corrected chi connectivity index (χ4v) is 6.17. The van der Waals surface area contributed by atoms with Gasteiger partial charge in [0.15, 0.2) is 9.84 Å². The Morgan fingerprint density at radius 3 is 1.82 bits per heavy atom. The van der Waals surface area contributed by atoms with Gasteiger partial charge in [0.25, 0.3) is 20.2 Å². The number of aromatic carboxylic acids is 1. The van der Waals surface area contributed by atoms with Crippen molar-refractivity contribution in [1.82, 2.24) is 0 Å². The molecule has 0 fully saturated rings. The first kappa shape index (κ1) is 35.1. The molecule has 0 aromatic heterocycles. The quantitative estimate of drug-likeness (QED) is 0.0893. The predicted molar refractivity (Wildman–Crippen MR) is 153 cm³/mol. The van der Waals surface area contributed by atoms with Crippen LogP contribution in [0, 0.1) is 0 Å². The van der Waals surface area contributed by atoms with E-state index in [2.05, 4.69) is 24.6 Å². The standard InChI is InChI=1S/C21H20N6O14S4/c22-18-15(10-17(44(35,36)37)19(23)20(18)27-24-12-3-1-11(2-4-12)21(28)29)26-25-14-6-5-13(9-16(14)43(32,33)34)42(30,31)8-7-41-45(38,39)40/h1-6,9-10H,7-8,22-23H2,(H,28,29)(H,32,33,34)(H,35,36,37)(H,38,39,40). The van der Waals surface area contributed by atoms with Crippen LogP contribution in [0.5, 0.6) is 0 Å². The van der Waals surface area contributed by atoms with E-state index in [-0.39, 0.29) is 11.3 Å². The summed E-state index contributed by atoms with van der Waals surface area (Å²) < 4.78 is 126. The first-order chi connectivity index (χ1) is 20.6. The second-order valence-corrected chi connectivity index (χ2v) is 14.5. The summed E-state index contributed by atoms with van der Waals surface area (Å²) in [5.41, 5.74) is 8.81. The van der Waals surface area contributed by atoms with E-state index in [1.54, 1.807) is 0 Å². The highest BCUT2D eigenvalue weighted by molar-refractivity contribution is 7.91. The van der Waals surface area contributed by atoms with Gasteiger partial charge in [0.2, 0.25) is 0 Å². The lowest BCUT2D eigenvalue weighted by atomic mass is 10.2. The van der Waals surface area contributed by atoms with Crippen LogP contribution >= 0.6 is 0 Å². The third-order valence-corrected chi connectivity index (χ3v) is 9.31. The van der Waals surface area contributed by atoms with Gasteiger partial charge in [-0.15, -0.1) is 15.3 Å². The predicted octanol–water partition coefficient (Wildman–Crippen LogP) is 2.47. The summed E-state index contributed by atoms with van der Waals surface area (Å²) in [6.45, 7) is -1.04. The van der Waals surface area contributed by atoms with Gasteiger partial charge in [0.1, 0.15) is 26.9 Å². The van der Waals surface area contributed by atoms with Gasteiger partial charge in [-0.3, -0.25) is 13.7 Å². The van der Waals surface area contributed by atoms with Gasteiger partial charge in [-0.05, 0) is 48.5 Å². The molecule has 45 heavy (non-hydrogen) atoms. The number of benzene rings is 3. The largest absolute Gasteiger partial charge is 0.478 e. The molecule has 0 unspecified atom stereocenters. The summed E-state index contributed by atoms with van der Waals surface area (Å²) in [6, 6.07) is 7.54. The van der Waals surface area contributed by atoms with E-state index in [4.69, 9.17) is 21.1 Å². The molecule has 0 amide bonds. The number of sulfone groups is 1. The lowest BCUT2D eigenvalue weighted by molar-refractivity contribution is 0.0696. The zero-order valence-electron chi connectivity index (χ0n) is 22.0. The fourth-order valence-electron chi connectivity index (χ4n) is 3.30. The van der Waals surface area contributed by atoms with Crippen LogP contribution < -0.4 is 11.5 Å². The average molecular weight is 709 g/mol. The summed E-state index contributed by atoms with van der Waals surface area (Å²) in [7, 11) is -19.7. The highest BCUT2D eigenvalue weighted by atomic mass is 32.3. The minimum absolute atomic E-state index is 0.0663. The maximum Gasteiger partial charge on any atom is 0.397 e. The Bertz CT molecular complexity index is 2170. The van der Waals surface area contributed by atoms with Crippen molar-refractivity contribution in [3.63, 3.8) is 0 Å². The van der Waals surface area contributed by atoms with E-state index < -0.39 is 102 Å². The van der Waals surface area contributed by atoms with Crippen LogP contribution in [0.3, 0.4) is 0 Å². The smallest absolute Gasteiger partial charge is 0.397 e. The van der Waals surface area contributed by atoms with Gasteiger partial charge in [0, 0.05) is 0 Å². The summed E-state index contributed by atoms with van der Waals surface area (Å²) in [4.78, 5) is 8.20. The summed E-state index contributed by atoms with van der Waals surface area (Å²) in [5.74, 6) is -2.26. The van der Waals surface area contributed by atoms with Crippen LogP contribution in [-0.4, -0.2) is 70.8 Å². The molecule has 0 radical (unpaired) electrons. The molecular formula is C21H20N6O14S4. The molecule has 0 bridgehead atoms. The monoisotopic (exact) mass is 708 g/mol. The zero-order chi connectivity index (χ0) is 34.0. The van der Waals surface area contributed by atoms with Crippen LogP contribution in [0.4, 0.5) is 34.1 Å². The van der Waals surface area contributed by atoms with Crippen LogP contribution in [-0.2, 0) is 44.7 Å². The van der Waals surface area contributed by atoms with Crippen LogP contribution in [0.15, 0.2) is 83.7 Å². The Balaban J connectivity index is 2.10. The molecule has 0 saturated heterocycles. The molecule has 20 nitrogen and oxygen atoms in total. The number of rotatable bonds is 12. The maximum atomic E-state index is 12.5. The average Bonchev–Trinajstić information content (AvgIpc) is 2.90. The van der Waals surface area contributed by atoms with Crippen molar-refractivity contribution in [3.8, 4) is 0 Å². The van der Waals surface area contributed by atoms with Crippen molar-refractivity contribution in [1.29, 1.82) is 0 Å². The summed E-state index contributed by atoms with van der Waals surface area (Å²) >= 11 is 0. The topological polar surface area (TPSA) is 345 Å². The molecule has 3 aromatic carbocycles. The molecule has 0 heterocycles. The van der Waals surface area contributed by atoms with E-state index in [1.807, 2.05) is 0 Å². The molecule has 24 heteroatoms. The first-order valence-corrected chi connectivity index (χ1v) is 17.3. The number of hydrogen-bond acceptors (Lipinski definition) is 16. The number of azo groups is 2. The molecule has 3 rings (SSSR count).